The Hall–Kier alpha value is -1.01. The normalized spacial score (nSPS) is 17.8. The van der Waals surface area contributed by atoms with Gasteiger partial charge in [-0.05, 0) is 26.0 Å². The van der Waals surface area contributed by atoms with Gasteiger partial charge >= 0.3 is 0 Å². The Balaban J connectivity index is 2.19. The van der Waals surface area contributed by atoms with Crippen LogP contribution in [0.4, 0.5) is 11.6 Å². The quantitative estimate of drug-likeness (QED) is 0.554. The lowest BCUT2D eigenvalue weighted by Gasteiger charge is -2.37. The largest absolute Gasteiger partial charge is 0.394 e. The van der Waals surface area contributed by atoms with Gasteiger partial charge in [0.2, 0.25) is 0 Å². The number of nitrogens with one attached hydrogen (secondary N) is 2. The summed E-state index contributed by atoms with van der Waals surface area (Å²) in [5, 5.41) is 17.2. The van der Waals surface area contributed by atoms with Crippen LogP contribution in [0.25, 0.3) is 0 Å². The topological polar surface area (TPSA) is 70.1 Å². The van der Waals surface area contributed by atoms with Gasteiger partial charge in [-0.25, -0.2) is 9.97 Å². The molecule has 6 heteroatoms. The first-order valence-electron chi connectivity index (χ1n) is 7.27. The van der Waals surface area contributed by atoms with E-state index in [4.69, 9.17) is 0 Å². The second-order valence-corrected chi connectivity index (χ2v) is 6.05. The van der Waals surface area contributed by atoms with E-state index >= 15 is 0 Å². The highest BCUT2D eigenvalue weighted by molar-refractivity contribution is 7.98. The fourth-order valence-corrected chi connectivity index (χ4v) is 3.05. The van der Waals surface area contributed by atoms with Gasteiger partial charge in [0.05, 0.1) is 12.1 Å². The van der Waals surface area contributed by atoms with Crippen molar-refractivity contribution in [3.8, 4) is 0 Å². The lowest BCUT2D eigenvalue weighted by molar-refractivity contribution is 0.172. The van der Waals surface area contributed by atoms with Gasteiger partial charge in [0.15, 0.2) is 5.16 Å². The molecule has 1 fully saturated rings. The highest BCUT2D eigenvalue weighted by atomic mass is 32.2. The molecule has 112 valence electrons. The highest BCUT2D eigenvalue weighted by Gasteiger charge is 2.31. The van der Waals surface area contributed by atoms with Crippen molar-refractivity contribution in [3.63, 3.8) is 0 Å². The monoisotopic (exact) mass is 296 g/mol. The van der Waals surface area contributed by atoms with Crippen LogP contribution in [-0.4, -0.2) is 40.0 Å². The average Bonchev–Trinajstić information content (AvgIpc) is 2.48. The third kappa shape index (κ3) is 3.76. The van der Waals surface area contributed by atoms with Crippen molar-refractivity contribution >= 4 is 23.4 Å². The number of aliphatic hydroxyl groups is 1. The highest BCUT2D eigenvalue weighted by Crippen LogP contribution is 2.31. The van der Waals surface area contributed by atoms with Gasteiger partial charge in [-0.2, -0.15) is 0 Å². The fraction of sp³-hybridized carbons (Fsp3) is 0.714. The lowest BCUT2D eigenvalue weighted by Crippen LogP contribution is -2.44. The molecule has 1 aliphatic carbocycles. The lowest BCUT2D eigenvalue weighted by atomic mass is 9.82. The van der Waals surface area contributed by atoms with E-state index in [-0.39, 0.29) is 12.1 Å². The van der Waals surface area contributed by atoms with Crippen molar-refractivity contribution in [1.82, 2.24) is 9.97 Å². The summed E-state index contributed by atoms with van der Waals surface area (Å²) in [6.45, 7) is 3.03. The number of thioether (sulfide) groups is 1. The van der Waals surface area contributed by atoms with Crippen LogP contribution >= 0.6 is 11.8 Å². The first-order valence-corrected chi connectivity index (χ1v) is 8.50. The second-order valence-electron chi connectivity index (χ2n) is 5.28. The summed E-state index contributed by atoms with van der Waals surface area (Å²) in [5.41, 5.74) is -0.217. The predicted molar refractivity (Wildman–Crippen MR) is 84.5 cm³/mol. The zero-order chi connectivity index (χ0) is 14.4. The minimum Gasteiger partial charge on any atom is -0.394 e. The summed E-state index contributed by atoms with van der Waals surface area (Å²) in [7, 11) is 0. The Labute approximate surface area is 125 Å². The maximum atomic E-state index is 9.78. The van der Waals surface area contributed by atoms with E-state index in [9.17, 15) is 5.11 Å². The number of aromatic nitrogens is 2. The van der Waals surface area contributed by atoms with E-state index in [1.54, 1.807) is 0 Å². The van der Waals surface area contributed by atoms with Crippen LogP contribution in [0.3, 0.4) is 0 Å². The van der Waals surface area contributed by atoms with Gasteiger partial charge in [-0.1, -0.05) is 31.0 Å². The molecule has 1 aromatic rings. The van der Waals surface area contributed by atoms with Crippen molar-refractivity contribution in [1.29, 1.82) is 0 Å². The third-order valence-corrected chi connectivity index (χ3v) is 4.30. The van der Waals surface area contributed by atoms with E-state index in [2.05, 4.69) is 20.6 Å². The molecule has 0 spiro atoms. The summed E-state index contributed by atoms with van der Waals surface area (Å²) in [5.74, 6) is 1.63. The minimum absolute atomic E-state index is 0.155. The molecule has 1 heterocycles. The SMILES string of the molecule is CCNc1cc(NC2(CO)CCCCC2)nc(SC)n1. The molecule has 0 radical (unpaired) electrons. The van der Waals surface area contributed by atoms with Crippen LogP contribution in [0, 0.1) is 0 Å². The number of nitrogens with zero attached hydrogens (tertiary/aromatic N) is 2. The number of aliphatic hydroxyl groups excluding tert-OH is 1. The van der Waals surface area contributed by atoms with Gasteiger partial charge in [0, 0.05) is 12.6 Å². The first-order chi connectivity index (χ1) is 9.71. The predicted octanol–water partition coefficient (Wildman–Crippen LogP) is 2.74. The van der Waals surface area contributed by atoms with Gasteiger partial charge in [-0.15, -0.1) is 0 Å². The maximum Gasteiger partial charge on any atom is 0.191 e. The fourth-order valence-electron chi connectivity index (χ4n) is 2.68. The Bertz CT molecular complexity index is 435. The molecule has 0 atom stereocenters. The van der Waals surface area contributed by atoms with E-state index in [1.807, 2.05) is 19.2 Å². The molecule has 3 N–H and O–H groups in total. The molecule has 5 nitrogen and oxygen atoms in total. The average molecular weight is 296 g/mol. The van der Waals surface area contributed by atoms with Crippen LogP contribution in [0.1, 0.15) is 39.0 Å². The summed E-state index contributed by atoms with van der Waals surface area (Å²) in [6, 6.07) is 1.93. The van der Waals surface area contributed by atoms with Crippen LogP contribution in [0.2, 0.25) is 0 Å². The number of hydrogen-bond donors (Lipinski definition) is 3. The van der Waals surface area contributed by atoms with E-state index in [1.165, 1.54) is 18.2 Å². The molecular formula is C14H24N4OS. The van der Waals surface area contributed by atoms with Gasteiger partial charge in [0.25, 0.3) is 0 Å². The summed E-state index contributed by atoms with van der Waals surface area (Å²) < 4.78 is 0. The Kier molecular flexibility index (Phi) is 5.48. The van der Waals surface area contributed by atoms with Crippen molar-refractivity contribution in [3.05, 3.63) is 6.07 Å². The van der Waals surface area contributed by atoms with Gasteiger partial charge in [-0.3, -0.25) is 0 Å². The van der Waals surface area contributed by atoms with Crippen LogP contribution in [0.15, 0.2) is 11.2 Å². The van der Waals surface area contributed by atoms with Crippen molar-refractivity contribution in [2.45, 2.75) is 49.7 Å². The molecular weight excluding hydrogens is 272 g/mol. The molecule has 0 saturated heterocycles. The Morgan fingerprint density at radius 3 is 2.55 bits per heavy atom. The van der Waals surface area contributed by atoms with Crippen molar-refractivity contribution in [2.75, 3.05) is 30.0 Å². The van der Waals surface area contributed by atoms with Crippen molar-refractivity contribution in [2.24, 2.45) is 0 Å². The van der Waals surface area contributed by atoms with E-state index in [0.717, 1.165) is 49.0 Å². The second kappa shape index (κ2) is 7.13. The maximum absolute atomic E-state index is 9.78. The first kappa shape index (κ1) is 15.4. The third-order valence-electron chi connectivity index (χ3n) is 3.75. The molecule has 1 aliphatic rings. The molecule has 1 saturated carbocycles. The zero-order valence-electron chi connectivity index (χ0n) is 12.3. The van der Waals surface area contributed by atoms with E-state index < -0.39 is 0 Å². The number of hydrogen-bond acceptors (Lipinski definition) is 6. The van der Waals surface area contributed by atoms with Gasteiger partial charge < -0.3 is 15.7 Å². The minimum atomic E-state index is -0.217. The smallest absolute Gasteiger partial charge is 0.191 e. The van der Waals surface area contributed by atoms with E-state index in [0.29, 0.717) is 0 Å². The summed E-state index contributed by atoms with van der Waals surface area (Å²) >= 11 is 1.53. The molecule has 0 aromatic carbocycles. The van der Waals surface area contributed by atoms with Crippen LogP contribution in [-0.2, 0) is 0 Å². The van der Waals surface area contributed by atoms with Crippen LogP contribution < -0.4 is 10.6 Å². The summed E-state index contributed by atoms with van der Waals surface area (Å²) in [6.07, 6.45) is 7.54. The molecule has 0 bridgehead atoms. The molecule has 0 amide bonds. The molecule has 1 aromatic heterocycles. The Morgan fingerprint density at radius 2 is 1.95 bits per heavy atom. The number of rotatable bonds is 6. The molecule has 0 unspecified atom stereocenters. The standard InChI is InChI=1S/C14H24N4OS/c1-3-15-11-9-12(17-13(16-11)20-2)18-14(10-19)7-5-4-6-8-14/h9,19H,3-8,10H2,1-2H3,(H2,15,16,17,18). The summed E-state index contributed by atoms with van der Waals surface area (Å²) in [4.78, 5) is 8.93. The molecule has 2 rings (SSSR count). The molecule has 0 aliphatic heterocycles. The van der Waals surface area contributed by atoms with Gasteiger partial charge in [0.1, 0.15) is 11.6 Å². The van der Waals surface area contributed by atoms with Crippen LogP contribution in [0.5, 0.6) is 0 Å². The Morgan fingerprint density at radius 1 is 1.25 bits per heavy atom. The zero-order valence-corrected chi connectivity index (χ0v) is 13.1. The number of anilines is 2. The van der Waals surface area contributed by atoms with Crippen molar-refractivity contribution < 1.29 is 5.11 Å². The molecule has 20 heavy (non-hydrogen) atoms.